The highest BCUT2D eigenvalue weighted by Crippen LogP contribution is 2.33. The normalized spacial score (nSPS) is 18.5. The Labute approximate surface area is 178 Å². The van der Waals surface area contributed by atoms with Gasteiger partial charge in [-0.15, -0.1) is 0 Å². The van der Waals surface area contributed by atoms with Gasteiger partial charge in [-0.1, -0.05) is 66.2 Å². The molecule has 0 radical (unpaired) electrons. The largest absolute Gasteiger partial charge is 0.350 e. The maximum atomic E-state index is 13.2. The number of fused-ring (bicyclic) bond motifs is 1. The van der Waals surface area contributed by atoms with E-state index in [1.165, 1.54) is 0 Å². The minimum atomic E-state index is -1.24. The molecule has 0 unspecified atom stereocenters. The number of halogens is 1. The van der Waals surface area contributed by atoms with E-state index in [2.05, 4.69) is 10.6 Å². The van der Waals surface area contributed by atoms with Crippen molar-refractivity contribution in [2.45, 2.75) is 19.0 Å². The zero-order chi connectivity index (χ0) is 21.3. The van der Waals surface area contributed by atoms with Crippen molar-refractivity contribution in [2.24, 2.45) is 0 Å². The van der Waals surface area contributed by atoms with Crippen LogP contribution < -0.4 is 10.6 Å². The first-order chi connectivity index (χ1) is 14.4. The van der Waals surface area contributed by atoms with Gasteiger partial charge in [0, 0.05) is 11.6 Å². The highest BCUT2D eigenvalue weighted by atomic mass is 35.5. The lowest BCUT2D eigenvalue weighted by Crippen LogP contribution is -2.43. The number of carbonyl (C=O) groups excluding carboxylic acids is 3. The molecule has 152 valence electrons. The van der Waals surface area contributed by atoms with Gasteiger partial charge in [-0.25, -0.2) is 4.79 Å². The third-order valence-corrected chi connectivity index (χ3v) is 5.56. The van der Waals surface area contributed by atoms with Crippen LogP contribution in [-0.4, -0.2) is 29.3 Å². The van der Waals surface area contributed by atoms with Crippen LogP contribution in [0.3, 0.4) is 0 Å². The number of hydrogen-bond donors (Lipinski definition) is 2. The summed E-state index contributed by atoms with van der Waals surface area (Å²) in [6.45, 7) is 1.60. The number of carbonyl (C=O) groups is 3. The molecular formula is C23H20ClN3O3. The van der Waals surface area contributed by atoms with Crippen molar-refractivity contribution in [3.8, 4) is 0 Å². The van der Waals surface area contributed by atoms with E-state index in [-0.39, 0.29) is 13.1 Å². The highest BCUT2D eigenvalue weighted by molar-refractivity contribution is 6.30. The molecule has 1 heterocycles. The summed E-state index contributed by atoms with van der Waals surface area (Å²) < 4.78 is 0. The topological polar surface area (TPSA) is 78.5 Å². The van der Waals surface area contributed by atoms with E-state index in [0.29, 0.717) is 10.6 Å². The monoisotopic (exact) mass is 421 g/mol. The maximum Gasteiger partial charge on any atom is 0.325 e. The van der Waals surface area contributed by atoms with Gasteiger partial charge in [0.05, 0.1) is 0 Å². The summed E-state index contributed by atoms with van der Waals surface area (Å²) in [7, 11) is 0. The summed E-state index contributed by atoms with van der Waals surface area (Å²) >= 11 is 5.86. The quantitative estimate of drug-likeness (QED) is 0.618. The Morgan fingerprint density at radius 1 is 1.03 bits per heavy atom. The second-order valence-electron chi connectivity index (χ2n) is 7.38. The van der Waals surface area contributed by atoms with Crippen molar-refractivity contribution in [1.29, 1.82) is 0 Å². The van der Waals surface area contributed by atoms with Gasteiger partial charge in [-0.2, -0.15) is 0 Å². The Hall–Kier alpha value is -3.38. The fourth-order valence-electron chi connectivity index (χ4n) is 3.69. The second kappa shape index (κ2) is 7.80. The molecule has 7 heteroatoms. The summed E-state index contributed by atoms with van der Waals surface area (Å²) in [5.41, 5.74) is 0.322. The second-order valence-corrected chi connectivity index (χ2v) is 7.81. The molecule has 1 aliphatic rings. The van der Waals surface area contributed by atoms with Crippen LogP contribution in [-0.2, 0) is 21.7 Å². The van der Waals surface area contributed by atoms with Gasteiger partial charge in [-0.3, -0.25) is 14.5 Å². The Bertz CT molecular complexity index is 1140. The zero-order valence-electron chi connectivity index (χ0n) is 16.3. The van der Waals surface area contributed by atoms with E-state index in [0.717, 1.165) is 21.2 Å². The minimum Gasteiger partial charge on any atom is -0.350 e. The van der Waals surface area contributed by atoms with E-state index in [9.17, 15) is 14.4 Å². The summed E-state index contributed by atoms with van der Waals surface area (Å²) in [5, 5.41) is 7.95. The van der Waals surface area contributed by atoms with Crippen LogP contribution in [0.2, 0.25) is 5.02 Å². The third-order valence-electron chi connectivity index (χ3n) is 5.31. The number of hydrogen-bond acceptors (Lipinski definition) is 3. The van der Waals surface area contributed by atoms with Crippen LogP contribution in [0.25, 0.3) is 10.8 Å². The van der Waals surface area contributed by atoms with Gasteiger partial charge in [-0.05, 0) is 41.0 Å². The molecule has 4 rings (SSSR count). The number of rotatable bonds is 5. The molecule has 1 atom stereocenters. The van der Waals surface area contributed by atoms with E-state index in [4.69, 9.17) is 11.6 Å². The summed E-state index contributed by atoms with van der Waals surface area (Å²) in [5.74, 6) is -0.874. The maximum absolute atomic E-state index is 13.2. The molecule has 0 aliphatic carbocycles. The van der Waals surface area contributed by atoms with Gasteiger partial charge in [0.15, 0.2) is 0 Å². The van der Waals surface area contributed by atoms with Crippen molar-refractivity contribution in [1.82, 2.24) is 15.5 Å². The molecule has 1 saturated heterocycles. The fourth-order valence-corrected chi connectivity index (χ4v) is 3.81. The standard InChI is InChI=1S/C23H20ClN3O3/c1-23(19-8-4-6-16-5-2-3-7-18(16)19)21(29)27(22(30)26-23)14-20(28)25-13-15-9-11-17(24)12-10-15/h2-12H,13-14H2,1H3,(H,25,28)(H,26,30)/t23-/m0/s1. The van der Waals surface area contributed by atoms with Gasteiger partial charge >= 0.3 is 6.03 Å². The average Bonchev–Trinajstić information content (AvgIpc) is 2.96. The minimum absolute atomic E-state index is 0.278. The molecule has 3 aromatic carbocycles. The van der Waals surface area contributed by atoms with Gasteiger partial charge < -0.3 is 10.6 Å². The Balaban J connectivity index is 1.50. The molecule has 3 aromatic rings. The molecule has 0 aromatic heterocycles. The predicted octanol–water partition coefficient (Wildman–Crippen LogP) is 3.58. The Morgan fingerprint density at radius 2 is 1.73 bits per heavy atom. The van der Waals surface area contributed by atoms with E-state index in [1.807, 2.05) is 42.5 Å². The SMILES string of the molecule is C[C@@]1(c2cccc3ccccc23)NC(=O)N(CC(=O)NCc2ccc(Cl)cc2)C1=O. The van der Waals surface area contributed by atoms with E-state index < -0.39 is 23.4 Å². The first kappa shape index (κ1) is 19.9. The van der Waals surface area contributed by atoms with Gasteiger partial charge in [0.2, 0.25) is 5.91 Å². The Morgan fingerprint density at radius 3 is 2.50 bits per heavy atom. The molecule has 0 spiro atoms. The molecular weight excluding hydrogens is 402 g/mol. The third kappa shape index (κ3) is 3.62. The number of imide groups is 1. The van der Waals surface area contributed by atoms with Crippen molar-refractivity contribution in [3.63, 3.8) is 0 Å². The number of benzene rings is 3. The summed E-state index contributed by atoms with van der Waals surface area (Å²) in [6.07, 6.45) is 0. The molecule has 0 saturated carbocycles. The van der Waals surface area contributed by atoms with Crippen LogP contribution in [0.15, 0.2) is 66.7 Å². The molecule has 1 fully saturated rings. The highest BCUT2D eigenvalue weighted by Gasteiger charge is 2.50. The van der Waals surface area contributed by atoms with Crippen molar-refractivity contribution in [3.05, 3.63) is 82.9 Å². The van der Waals surface area contributed by atoms with Crippen molar-refractivity contribution < 1.29 is 14.4 Å². The molecule has 4 amide bonds. The summed E-state index contributed by atoms with van der Waals surface area (Å²) in [4.78, 5) is 39.1. The number of nitrogens with one attached hydrogen (secondary N) is 2. The first-order valence-electron chi connectivity index (χ1n) is 9.52. The van der Waals surface area contributed by atoms with Crippen LogP contribution >= 0.6 is 11.6 Å². The fraction of sp³-hybridized carbons (Fsp3) is 0.174. The number of amides is 4. The van der Waals surface area contributed by atoms with Crippen molar-refractivity contribution in [2.75, 3.05) is 6.54 Å². The smallest absolute Gasteiger partial charge is 0.325 e. The lowest BCUT2D eigenvalue weighted by molar-refractivity contribution is -0.134. The molecule has 6 nitrogen and oxygen atoms in total. The molecule has 1 aliphatic heterocycles. The summed E-state index contributed by atoms with van der Waals surface area (Å²) in [6, 6.07) is 19.8. The molecule has 2 N–H and O–H groups in total. The van der Waals surface area contributed by atoms with E-state index >= 15 is 0 Å². The number of nitrogens with zero attached hydrogens (tertiary/aromatic N) is 1. The van der Waals surface area contributed by atoms with Gasteiger partial charge in [0.25, 0.3) is 5.91 Å². The molecule has 30 heavy (non-hydrogen) atoms. The Kier molecular flexibility index (Phi) is 5.18. The van der Waals surface area contributed by atoms with E-state index in [1.54, 1.807) is 31.2 Å². The number of urea groups is 1. The lowest BCUT2D eigenvalue weighted by Gasteiger charge is -2.24. The van der Waals surface area contributed by atoms with Crippen LogP contribution in [0.5, 0.6) is 0 Å². The molecule has 0 bridgehead atoms. The predicted molar refractivity (Wildman–Crippen MR) is 115 cm³/mol. The zero-order valence-corrected chi connectivity index (χ0v) is 17.1. The van der Waals surface area contributed by atoms with Crippen LogP contribution in [0.4, 0.5) is 4.79 Å². The average molecular weight is 422 g/mol. The van der Waals surface area contributed by atoms with Crippen molar-refractivity contribution >= 4 is 40.2 Å². The lowest BCUT2D eigenvalue weighted by atomic mass is 9.88. The van der Waals surface area contributed by atoms with Crippen LogP contribution in [0.1, 0.15) is 18.1 Å². The van der Waals surface area contributed by atoms with Crippen LogP contribution in [0, 0.1) is 0 Å². The van der Waals surface area contributed by atoms with Gasteiger partial charge in [0.1, 0.15) is 12.1 Å². The first-order valence-corrected chi connectivity index (χ1v) is 9.90.